The van der Waals surface area contributed by atoms with Crippen molar-refractivity contribution in [2.45, 2.75) is 51.5 Å². The fraction of sp³-hybridized carbons (Fsp3) is 0.444. The molecule has 1 heterocycles. The fourth-order valence-electron chi connectivity index (χ4n) is 2.76. The summed E-state index contributed by atoms with van der Waals surface area (Å²) in [5.41, 5.74) is 2.08. The molecule has 0 amide bonds. The number of sulfonamides is 1. The highest BCUT2D eigenvalue weighted by molar-refractivity contribution is 7.89. The molecule has 1 unspecified atom stereocenters. The molecule has 6 heteroatoms. The molecular formula is C18H25NO4S. The molecular weight excluding hydrogens is 326 g/mol. The van der Waals surface area contributed by atoms with E-state index in [0.717, 1.165) is 22.3 Å². The molecule has 0 aliphatic heterocycles. The summed E-state index contributed by atoms with van der Waals surface area (Å²) in [7, 11) is -3.72. The molecule has 0 saturated heterocycles. The van der Waals surface area contributed by atoms with E-state index < -0.39 is 15.6 Å². The third kappa shape index (κ3) is 4.06. The second kappa shape index (κ2) is 6.70. The van der Waals surface area contributed by atoms with Crippen molar-refractivity contribution in [3.8, 4) is 0 Å². The summed E-state index contributed by atoms with van der Waals surface area (Å²) < 4.78 is 33.3. The van der Waals surface area contributed by atoms with E-state index in [-0.39, 0.29) is 13.0 Å². The highest BCUT2D eigenvalue weighted by Gasteiger charge is 2.28. The van der Waals surface area contributed by atoms with Crippen LogP contribution in [0.15, 0.2) is 33.8 Å². The quantitative estimate of drug-likeness (QED) is 0.839. The maximum absolute atomic E-state index is 12.8. The lowest BCUT2D eigenvalue weighted by molar-refractivity contribution is 0.0603. The minimum Gasteiger partial charge on any atom is -0.469 e. The summed E-state index contributed by atoms with van der Waals surface area (Å²) in [6.45, 7) is 8.89. The zero-order chi connectivity index (χ0) is 18.1. The van der Waals surface area contributed by atoms with Gasteiger partial charge in [-0.05, 0) is 69.0 Å². The first kappa shape index (κ1) is 18.7. The summed E-state index contributed by atoms with van der Waals surface area (Å²) in [5.74, 6) is 0.609. The number of hydrogen-bond donors (Lipinski definition) is 2. The van der Waals surface area contributed by atoms with Crippen LogP contribution in [0.1, 0.15) is 34.9 Å². The highest BCUT2D eigenvalue weighted by Crippen LogP contribution is 2.26. The van der Waals surface area contributed by atoms with Crippen LogP contribution < -0.4 is 4.72 Å². The Balaban J connectivity index is 2.23. The van der Waals surface area contributed by atoms with E-state index in [1.54, 1.807) is 32.9 Å². The number of benzene rings is 1. The van der Waals surface area contributed by atoms with Crippen LogP contribution in [-0.2, 0) is 16.4 Å². The minimum absolute atomic E-state index is 0.0953. The number of nitrogens with one attached hydrogen (secondary N) is 1. The normalized spacial score (nSPS) is 14.6. The van der Waals surface area contributed by atoms with Gasteiger partial charge in [0.05, 0.1) is 16.8 Å². The van der Waals surface area contributed by atoms with E-state index in [0.29, 0.717) is 10.7 Å². The number of rotatable bonds is 6. The first-order valence-corrected chi connectivity index (χ1v) is 9.34. The van der Waals surface area contributed by atoms with Crippen molar-refractivity contribution in [1.82, 2.24) is 4.72 Å². The van der Waals surface area contributed by atoms with Crippen LogP contribution in [0.2, 0.25) is 0 Å². The minimum atomic E-state index is -3.72. The maximum atomic E-state index is 12.8. The molecule has 0 aliphatic carbocycles. The molecule has 24 heavy (non-hydrogen) atoms. The molecule has 1 atom stereocenters. The van der Waals surface area contributed by atoms with Crippen molar-refractivity contribution in [1.29, 1.82) is 0 Å². The van der Waals surface area contributed by atoms with Gasteiger partial charge in [-0.3, -0.25) is 0 Å². The van der Waals surface area contributed by atoms with Crippen LogP contribution in [0, 0.1) is 27.7 Å². The van der Waals surface area contributed by atoms with Crippen molar-refractivity contribution in [3.63, 3.8) is 0 Å². The summed E-state index contributed by atoms with van der Waals surface area (Å²) in [4.78, 5) is 0.300. The van der Waals surface area contributed by atoms with Crippen LogP contribution in [-0.4, -0.2) is 25.7 Å². The Morgan fingerprint density at radius 2 is 1.75 bits per heavy atom. The maximum Gasteiger partial charge on any atom is 0.241 e. The lowest BCUT2D eigenvalue weighted by Crippen LogP contribution is -2.42. The molecule has 132 valence electrons. The molecule has 2 aromatic rings. The number of hydrogen-bond acceptors (Lipinski definition) is 4. The van der Waals surface area contributed by atoms with Gasteiger partial charge in [0.1, 0.15) is 5.76 Å². The van der Waals surface area contributed by atoms with Gasteiger partial charge in [-0.25, -0.2) is 13.1 Å². The zero-order valence-electron chi connectivity index (χ0n) is 14.8. The third-order valence-corrected chi connectivity index (χ3v) is 6.02. The van der Waals surface area contributed by atoms with Gasteiger partial charge in [-0.2, -0.15) is 0 Å². The standard InChI is InChI=1S/C18H25NO4S/c1-12-9-13(2)15(4)17(14(12)3)24(21,22)19-11-18(5,20)10-16-7-6-8-23-16/h6-9,19-20H,10-11H2,1-5H3. The van der Waals surface area contributed by atoms with E-state index in [1.807, 2.05) is 19.9 Å². The average Bonchev–Trinajstić information content (AvgIpc) is 2.95. The summed E-state index contributed by atoms with van der Waals surface area (Å²) in [5, 5.41) is 10.5. The Morgan fingerprint density at radius 3 is 2.25 bits per heavy atom. The Hall–Kier alpha value is -1.63. The van der Waals surface area contributed by atoms with Crippen molar-refractivity contribution in [3.05, 3.63) is 52.5 Å². The fourth-order valence-corrected chi connectivity index (χ4v) is 4.53. The molecule has 0 saturated carbocycles. The van der Waals surface area contributed by atoms with Crippen LogP contribution in [0.4, 0.5) is 0 Å². The monoisotopic (exact) mass is 351 g/mol. The first-order chi connectivity index (χ1) is 11.0. The van der Waals surface area contributed by atoms with Crippen molar-refractivity contribution in [2.24, 2.45) is 0 Å². The Morgan fingerprint density at radius 1 is 1.17 bits per heavy atom. The molecule has 0 radical (unpaired) electrons. The van der Waals surface area contributed by atoms with Crippen molar-refractivity contribution < 1.29 is 17.9 Å². The van der Waals surface area contributed by atoms with Crippen molar-refractivity contribution in [2.75, 3.05) is 6.54 Å². The predicted molar refractivity (Wildman–Crippen MR) is 93.6 cm³/mol. The van der Waals surface area contributed by atoms with E-state index in [2.05, 4.69) is 4.72 Å². The van der Waals surface area contributed by atoms with Gasteiger partial charge in [-0.1, -0.05) is 6.07 Å². The third-order valence-electron chi connectivity index (χ3n) is 4.34. The van der Waals surface area contributed by atoms with E-state index in [9.17, 15) is 13.5 Å². The van der Waals surface area contributed by atoms with E-state index >= 15 is 0 Å². The van der Waals surface area contributed by atoms with Gasteiger partial charge in [0.15, 0.2) is 0 Å². The summed E-state index contributed by atoms with van der Waals surface area (Å²) >= 11 is 0. The van der Waals surface area contributed by atoms with Crippen LogP contribution in [0.25, 0.3) is 0 Å². The SMILES string of the molecule is Cc1cc(C)c(C)c(S(=O)(=O)NCC(C)(O)Cc2ccco2)c1C. The van der Waals surface area contributed by atoms with Gasteiger partial charge in [0.25, 0.3) is 0 Å². The lowest BCUT2D eigenvalue weighted by Gasteiger charge is -2.23. The van der Waals surface area contributed by atoms with Gasteiger partial charge in [0.2, 0.25) is 10.0 Å². The first-order valence-electron chi connectivity index (χ1n) is 7.85. The Bertz CT molecular complexity index is 795. The van der Waals surface area contributed by atoms with Crippen molar-refractivity contribution >= 4 is 10.0 Å². The second-order valence-electron chi connectivity index (χ2n) is 6.67. The predicted octanol–water partition coefficient (Wildman–Crippen LogP) is 2.79. The molecule has 0 fully saturated rings. The smallest absolute Gasteiger partial charge is 0.241 e. The van der Waals surface area contributed by atoms with Crippen LogP contribution >= 0.6 is 0 Å². The van der Waals surface area contributed by atoms with Gasteiger partial charge >= 0.3 is 0 Å². The van der Waals surface area contributed by atoms with Gasteiger partial charge < -0.3 is 9.52 Å². The van der Waals surface area contributed by atoms with Crippen LogP contribution in [0.3, 0.4) is 0 Å². The van der Waals surface area contributed by atoms with Gasteiger partial charge in [-0.15, -0.1) is 0 Å². The molecule has 2 N–H and O–H groups in total. The molecule has 5 nitrogen and oxygen atoms in total. The zero-order valence-corrected chi connectivity index (χ0v) is 15.6. The molecule has 0 aliphatic rings. The lowest BCUT2D eigenvalue weighted by atomic mass is 10.0. The molecule has 1 aromatic carbocycles. The summed E-state index contributed by atoms with van der Waals surface area (Å²) in [6, 6.07) is 5.47. The molecule has 0 spiro atoms. The molecule has 0 bridgehead atoms. The average molecular weight is 351 g/mol. The number of aliphatic hydroxyl groups is 1. The molecule has 2 rings (SSSR count). The number of furan rings is 1. The van der Waals surface area contributed by atoms with Crippen LogP contribution in [0.5, 0.6) is 0 Å². The largest absolute Gasteiger partial charge is 0.469 e. The molecule has 1 aromatic heterocycles. The topological polar surface area (TPSA) is 79.5 Å². The Labute approximate surface area is 143 Å². The van der Waals surface area contributed by atoms with E-state index in [4.69, 9.17) is 4.42 Å². The number of aryl methyl sites for hydroxylation is 2. The van der Waals surface area contributed by atoms with E-state index in [1.165, 1.54) is 6.26 Å². The van der Waals surface area contributed by atoms with Gasteiger partial charge in [0, 0.05) is 13.0 Å². The highest BCUT2D eigenvalue weighted by atomic mass is 32.2. The second-order valence-corrected chi connectivity index (χ2v) is 8.37. The Kier molecular flexibility index (Phi) is 5.22. The summed E-state index contributed by atoms with van der Waals surface area (Å²) in [6.07, 6.45) is 1.76.